The molecule has 1 aliphatic heterocycles. The smallest absolute Gasteiger partial charge is 0.295 e. The van der Waals surface area contributed by atoms with Crippen LogP contribution in [-0.2, 0) is 9.59 Å². The first-order chi connectivity index (χ1) is 15.8. The zero-order valence-corrected chi connectivity index (χ0v) is 19.4. The van der Waals surface area contributed by atoms with E-state index in [4.69, 9.17) is 4.74 Å². The van der Waals surface area contributed by atoms with Crippen molar-refractivity contribution in [3.05, 3.63) is 64.7 Å². The third kappa shape index (κ3) is 4.47. The van der Waals surface area contributed by atoms with Crippen LogP contribution in [0.1, 0.15) is 62.3 Å². The maximum Gasteiger partial charge on any atom is 0.295 e. The van der Waals surface area contributed by atoms with Crippen molar-refractivity contribution in [1.82, 2.24) is 4.90 Å². The van der Waals surface area contributed by atoms with Crippen LogP contribution in [0.5, 0.6) is 11.5 Å². The van der Waals surface area contributed by atoms with Crippen molar-refractivity contribution in [3.63, 3.8) is 0 Å². The highest BCUT2D eigenvalue weighted by atomic mass is 16.5. The van der Waals surface area contributed by atoms with Crippen molar-refractivity contribution < 1.29 is 24.5 Å². The average molecular weight is 450 g/mol. The predicted octanol–water partition coefficient (Wildman–Crippen LogP) is 5.10. The van der Waals surface area contributed by atoms with Gasteiger partial charge < -0.3 is 19.8 Å². The molecule has 0 aromatic heterocycles. The second-order valence-electron chi connectivity index (χ2n) is 9.42. The number of hydrogen-bond donors (Lipinski definition) is 2. The zero-order valence-electron chi connectivity index (χ0n) is 19.4. The highest BCUT2D eigenvalue weighted by Crippen LogP contribution is 2.43. The van der Waals surface area contributed by atoms with Crippen LogP contribution in [0, 0.1) is 12.8 Å². The maximum absolute atomic E-state index is 13.2. The third-order valence-electron chi connectivity index (χ3n) is 6.43. The number of ether oxygens (including phenoxy) is 1. The van der Waals surface area contributed by atoms with Crippen LogP contribution in [-0.4, -0.2) is 39.5 Å². The maximum atomic E-state index is 13.2. The molecule has 1 amide bonds. The molecule has 1 saturated heterocycles. The Kier molecular flexibility index (Phi) is 6.45. The number of phenols is 1. The van der Waals surface area contributed by atoms with E-state index < -0.39 is 17.7 Å². The van der Waals surface area contributed by atoms with Gasteiger partial charge in [-0.25, -0.2) is 0 Å². The average Bonchev–Trinajstić information content (AvgIpc) is 3.40. The lowest BCUT2D eigenvalue weighted by atomic mass is 9.94. The summed E-state index contributed by atoms with van der Waals surface area (Å²) in [5, 5.41) is 21.0. The van der Waals surface area contributed by atoms with Crippen molar-refractivity contribution in [2.45, 2.75) is 58.5 Å². The number of benzene rings is 2. The quantitative estimate of drug-likeness (QED) is 0.364. The molecule has 2 aromatic rings. The van der Waals surface area contributed by atoms with E-state index >= 15 is 0 Å². The normalized spacial score (nSPS) is 20.7. The van der Waals surface area contributed by atoms with E-state index in [1.165, 1.54) is 12.1 Å². The summed E-state index contributed by atoms with van der Waals surface area (Å²) < 4.78 is 5.83. The lowest BCUT2D eigenvalue weighted by Crippen LogP contribution is -2.37. The molecular weight excluding hydrogens is 418 g/mol. The Morgan fingerprint density at radius 2 is 1.76 bits per heavy atom. The van der Waals surface area contributed by atoms with E-state index in [9.17, 15) is 19.8 Å². The van der Waals surface area contributed by atoms with Crippen LogP contribution in [0.3, 0.4) is 0 Å². The van der Waals surface area contributed by atoms with Crippen LogP contribution in [0.4, 0.5) is 0 Å². The summed E-state index contributed by atoms with van der Waals surface area (Å²) >= 11 is 0. The molecule has 6 nitrogen and oxygen atoms in total. The van der Waals surface area contributed by atoms with Gasteiger partial charge in [-0.3, -0.25) is 9.59 Å². The van der Waals surface area contributed by atoms with E-state index in [0.29, 0.717) is 23.7 Å². The molecule has 2 fully saturated rings. The number of nitrogens with zero attached hydrogens (tertiary/aromatic N) is 1. The molecule has 1 saturated carbocycles. The minimum atomic E-state index is -0.689. The molecule has 174 valence electrons. The van der Waals surface area contributed by atoms with Gasteiger partial charge in [-0.05, 0) is 67.1 Å². The van der Waals surface area contributed by atoms with Gasteiger partial charge in [0.25, 0.3) is 11.7 Å². The number of rotatable bonds is 6. The molecule has 2 aromatic carbocycles. The molecule has 33 heavy (non-hydrogen) atoms. The van der Waals surface area contributed by atoms with Gasteiger partial charge in [-0.15, -0.1) is 0 Å². The van der Waals surface area contributed by atoms with Gasteiger partial charge in [-0.1, -0.05) is 38.8 Å². The summed E-state index contributed by atoms with van der Waals surface area (Å²) in [6, 6.07) is 11.0. The van der Waals surface area contributed by atoms with E-state index in [2.05, 4.69) is 13.8 Å². The molecule has 4 rings (SSSR count). The number of aliphatic hydroxyl groups is 1. The number of aryl methyl sites for hydroxylation is 1. The minimum Gasteiger partial charge on any atom is -0.508 e. The number of phenolic OH excluding ortho intramolecular Hbond substituents is 1. The topological polar surface area (TPSA) is 87.1 Å². The molecular formula is C27H31NO5. The third-order valence-corrected chi connectivity index (χ3v) is 6.43. The standard InChI is InChI=1S/C27H31NO5/c1-16(2)15-33-22-13-10-19(14-17(22)3)25(30)23-24(18-8-11-21(29)12-9-18)28(27(32)26(23)31)20-6-4-5-7-20/h8-14,16,20,24,29-30H,4-7,15H2,1-3H3/b25-23-. The molecule has 1 atom stereocenters. The highest BCUT2D eigenvalue weighted by molar-refractivity contribution is 6.46. The highest BCUT2D eigenvalue weighted by Gasteiger charge is 2.49. The lowest BCUT2D eigenvalue weighted by molar-refractivity contribution is -0.141. The lowest BCUT2D eigenvalue weighted by Gasteiger charge is -2.30. The number of hydrogen-bond acceptors (Lipinski definition) is 5. The summed E-state index contributed by atoms with van der Waals surface area (Å²) in [5.74, 6) is -0.226. The number of Topliss-reactive ketones (excluding diaryl/α,β-unsaturated/α-hetero) is 1. The van der Waals surface area contributed by atoms with Gasteiger partial charge in [0.05, 0.1) is 18.2 Å². The van der Waals surface area contributed by atoms with Crippen LogP contribution < -0.4 is 4.74 Å². The first-order valence-electron chi connectivity index (χ1n) is 11.6. The van der Waals surface area contributed by atoms with Crippen LogP contribution in [0.15, 0.2) is 48.0 Å². The van der Waals surface area contributed by atoms with E-state index in [-0.39, 0.29) is 23.1 Å². The summed E-state index contributed by atoms with van der Waals surface area (Å²) in [4.78, 5) is 27.9. The number of aromatic hydroxyl groups is 1. The number of likely N-dealkylation sites (tertiary alicyclic amines) is 1. The van der Waals surface area contributed by atoms with Crippen molar-refractivity contribution >= 4 is 17.4 Å². The Morgan fingerprint density at radius 3 is 2.36 bits per heavy atom. The summed E-state index contributed by atoms with van der Waals surface area (Å²) in [7, 11) is 0. The molecule has 0 radical (unpaired) electrons. The SMILES string of the molecule is Cc1cc(/C(O)=C2/C(=O)C(=O)N(C3CCCC3)C2c2ccc(O)cc2)ccc1OCC(C)C. The van der Waals surface area contributed by atoms with Crippen LogP contribution >= 0.6 is 0 Å². The van der Waals surface area contributed by atoms with Crippen LogP contribution in [0.25, 0.3) is 5.76 Å². The monoisotopic (exact) mass is 449 g/mol. The fourth-order valence-corrected chi connectivity index (χ4v) is 4.76. The summed E-state index contributed by atoms with van der Waals surface area (Å²) in [6.45, 7) is 6.62. The van der Waals surface area contributed by atoms with Crippen molar-refractivity contribution in [2.75, 3.05) is 6.61 Å². The molecule has 1 aliphatic carbocycles. The second kappa shape index (κ2) is 9.30. The Morgan fingerprint density at radius 1 is 1.09 bits per heavy atom. The summed E-state index contributed by atoms with van der Waals surface area (Å²) in [6.07, 6.45) is 3.69. The zero-order chi connectivity index (χ0) is 23.7. The van der Waals surface area contributed by atoms with Crippen molar-refractivity contribution in [2.24, 2.45) is 5.92 Å². The van der Waals surface area contributed by atoms with Gasteiger partial charge in [0.15, 0.2) is 0 Å². The number of amides is 1. The largest absolute Gasteiger partial charge is 0.508 e. The predicted molar refractivity (Wildman–Crippen MR) is 126 cm³/mol. The number of aliphatic hydroxyl groups excluding tert-OH is 1. The molecule has 1 heterocycles. The number of carbonyl (C=O) groups is 2. The van der Waals surface area contributed by atoms with E-state index in [1.807, 2.05) is 6.92 Å². The Hall–Kier alpha value is -3.28. The molecule has 0 spiro atoms. The van der Waals surface area contributed by atoms with Gasteiger partial charge in [0, 0.05) is 11.6 Å². The van der Waals surface area contributed by atoms with Gasteiger partial charge in [-0.2, -0.15) is 0 Å². The van der Waals surface area contributed by atoms with Gasteiger partial charge in [0.1, 0.15) is 17.3 Å². The van der Waals surface area contributed by atoms with Crippen molar-refractivity contribution in [1.29, 1.82) is 0 Å². The fourth-order valence-electron chi connectivity index (χ4n) is 4.76. The fraction of sp³-hybridized carbons (Fsp3) is 0.407. The van der Waals surface area contributed by atoms with Gasteiger partial charge in [0.2, 0.25) is 0 Å². The second-order valence-corrected chi connectivity index (χ2v) is 9.42. The first kappa shape index (κ1) is 22.9. The van der Waals surface area contributed by atoms with E-state index in [0.717, 1.165) is 37.0 Å². The summed E-state index contributed by atoms with van der Waals surface area (Å²) in [5.41, 5.74) is 2.09. The van der Waals surface area contributed by atoms with Gasteiger partial charge >= 0.3 is 0 Å². The van der Waals surface area contributed by atoms with E-state index in [1.54, 1.807) is 35.2 Å². The van der Waals surface area contributed by atoms with Crippen LogP contribution in [0.2, 0.25) is 0 Å². The molecule has 0 bridgehead atoms. The Labute approximate surface area is 194 Å². The molecule has 2 aliphatic rings. The number of ketones is 1. The molecule has 1 unspecified atom stereocenters. The number of carbonyl (C=O) groups excluding carboxylic acids is 2. The Balaban J connectivity index is 1.78. The minimum absolute atomic E-state index is 0.0425. The molecule has 2 N–H and O–H groups in total. The molecule has 6 heteroatoms. The van der Waals surface area contributed by atoms with Crippen molar-refractivity contribution in [3.8, 4) is 11.5 Å². The first-order valence-corrected chi connectivity index (χ1v) is 11.6. The Bertz CT molecular complexity index is 1080.